The molecule has 0 aromatic rings. The van der Waals surface area contributed by atoms with Crippen LogP contribution in [0.2, 0.25) is 18.1 Å². The molecule has 0 saturated carbocycles. The molecule has 0 aliphatic heterocycles. The van der Waals surface area contributed by atoms with Crippen molar-refractivity contribution in [3.63, 3.8) is 0 Å². The van der Waals surface area contributed by atoms with Gasteiger partial charge in [-0.05, 0) is 38.9 Å². The fourth-order valence-electron chi connectivity index (χ4n) is 2.21. The highest BCUT2D eigenvalue weighted by molar-refractivity contribution is 6.73. The van der Waals surface area contributed by atoms with Gasteiger partial charge in [0.1, 0.15) is 11.6 Å². The Hall–Kier alpha value is -1.52. The molecule has 0 aliphatic carbocycles. The number of nitrogens with one attached hydrogen (secondary N) is 2. The molecule has 0 bridgehead atoms. The second kappa shape index (κ2) is 10.4. The SMILES string of the molecule is C#CCNC(=O)[C@H](CO[Si](CC)(CC)CC)NC(=O)OC(C)(C)C. The molecule has 0 aromatic heterocycles. The fraction of sp³-hybridized carbons (Fsp3) is 0.765. The van der Waals surface area contributed by atoms with Crippen LogP contribution in [0, 0.1) is 12.3 Å². The largest absolute Gasteiger partial charge is 0.444 e. The normalized spacial score (nSPS) is 12.9. The highest BCUT2D eigenvalue weighted by Gasteiger charge is 2.32. The third kappa shape index (κ3) is 8.36. The summed E-state index contributed by atoms with van der Waals surface area (Å²) in [5.74, 6) is 1.97. The van der Waals surface area contributed by atoms with Crippen LogP contribution < -0.4 is 10.6 Å². The van der Waals surface area contributed by atoms with Crippen LogP contribution in [0.5, 0.6) is 0 Å². The molecule has 2 N–H and O–H groups in total. The first-order valence-corrected chi connectivity index (χ1v) is 11.0. The summed E-state index contributed by atoms with van der Waals surface area (Å²) in [7, 11) is -1.87. The lowest BCUT2D eigenvalue weighted by Crippen LogP contribution is -2.52. The van der Waals surface area contributed by atoms with Gasteiger partial charge in [-0.25, -0.2) is 4.79 Å². The van der Waals surface area contributed by atoms with Crippen molar-refractivity contribution in [1.82, 2.24) is 10.6 Å². The number of hydrogen-bond donors (Lipinski definition) is 2. The molecule has 7 heteroatoms. The van der Waals surface area contributed by atoms with E-state index in [1.165, 1.54) is 0 Å². The van der Waals surface area contributed by atoms with Crippen LogP contribution in [-0.2, 0) is 14.0 Å². The Balaban J connectivity index is 4.97. The minimum absolute atomic E-state index is 0.100. The predicted molar refractivity (Wildman–Crippen MR) is 98.1 cm³/mol. The van der Waals surface area contributed by atoms with E-state index in [0.29, 0.717) is 0 Å². The zero-order chi connectivity index (χ0) is 18.8. The molecular weight excluding hydrogens is 324 g/mol. The number of terminal acetylenes is 1. The number of carbonyl (C=O) groups excluding carboxylic acids is 2. The Morgan fingerprint density at radius 3 is 2.12 bits per heavy atom. The van der Waals surface area contributed by atoms with Gasteiger partial charge in [-0.1, -0.05) is 26.7 Å². The molecule has 1 atom stereocenters. The fourth-order valence-corrected chi connectivity index (χ4v) is 4.84. The van der Waals surface area contributed by atoms with Crippen molar-refractivity contribution >= 4 is 20.3 Å². The van der Waals surface area contributed by atoms with Crippen LogP contribution in [0.15, 0.2) is 0 Å². The van der Waals surface area contributed by atoms with E-state index in [9.17, 15) is 9.59 Å². The molecule has 0 saturated heterocycles. The summed E-state index contributed by atoms with van der Waals surface area (Å²) in [6.45, 7) is 11.8. The molecule has 0 heterocycles. The standard InChI is InChI=1S/C17H32N2O4Si/c1-8-12-18-15(20)14(19-16(21)23-17(5,6)7)13-22-24(9-2,10-3)11-4/h1,14H,9-13H2,2-7H3,(H,18,20)(H,19,21)/t14-/m0/s1. The summed E-state index contributed by atoms with van der Waals surface area (Å²) >= 11 is 0. The maximum atomic E-state index is 12.2. The van der Waals surface area contributed by atoms with E-state index >= 15 is 0 Å². The van der Waals surface area contributed by atoms with Crippen LogP contribution in [0.3, 0.4) is 0 Å². The zero-order valence-electron chi connectivity index (χ0n) is 15.8. The first-order valence-electron chi connectivity index (χ1n) is 8.47. The number of hydrogen-bond acceptors (Lipinski definition) is 4. The van der Waals surface area contributed by atoms with Crippen molar-refractivity contribution in [2.24, 2.45) is 0 Å². The van der Waals surface area contributed by atoms with Crippen molar-refractivity contribution in [2.45, 2.75) is 71.3 Å². The summed E-state index contributed by atoms with van der Waals surface area (Å²) < 4.78 is 11.3. The average Bonchev–Trinajstić information content (AvgIpc) is 2.51. The van der Waals surface area contributed by atoms with E-state index < -0.39 is 26.1 Å². The van der Waals surface area contributed by atoms with E-state index in [1.54, 1.807) is 20.8 Å². The number of amides is 2. The van der Waals surface area contributed by atoms with Crippen LogP contribution >= 0.6 is 0 Å². The highest BCUT2D eigenvalue weighted by Crippen LogP contribution is 2.21. The molecule has 0 fully saturated rings. The number of carbonyl (C=O) groups is 2. The predicted octanol–water partition coefficient (Wildman–Crippen LogP) is 2.65. The summed E-state index contributed by atoms with van der Waals surface area (Å²) in [5.41, 5.74) is -0.639. The molecule has 0 unspecified atom stereocenters. The van der Waals surface area contributed by atoms with Crippen molar-refractivity contribution in [1.29, 1.82) is 0 Å². The molecule has 0 rings (SSSR count). The van der Waals surface area contributed by atoms with Crippen molar-refractivity contribution < 1.29 is 18.8 Å². The molecule has 0 aromatic carbocycles. The van der Waals surface area contributed by atoms with E-state index in [0.717, 1.165) is 18.1 Å². The summed E-state index contributed by atoms with van der Waals surface area (Å²) in [6, 6.07) is 2.06. The first kappa shape index (κ1) is 22.5. The smallest absolute Gasteiger partial charge is 0.408 e. The zero-order valence-corrected chi connectivity index (χ0v) is 16.8. The third-order valence-electron chi connectivity index (χ3n) is 3.86. The van der Waals surface area contributed by atoms with Crippen LogP contribution in [0.25, 0.3) is 0 Å². The maximum Gasteiger partial charge on any atom is 0.408 e. The van der Waals surface area contributed by atoms with Gasteiger partial charge in [0.15, 0.2) is 8.32 Å². The van der Waals surface area contributed by atoms with Crippen LogP contribution in [0.4, 0.5) is 4.79 Å². The molecule has 0 aliphatic rings. The Morgan fingerprint density at radius 2 is 1.71 bits per heavy atom. The third-order valence-corrected chi connectivity index (χ3v) is 8.51. The molecule has 138 valence electrons. The average molecular weight is 357 g/mol. The molecule has 6 nitrogen and oxygen atoms in total. The molecule has 24 heavy (non-hydrogen) atoms. The van der Waals surface area contributed by atoms with Gasteiger partial charge >= 0.3 is 6.09 Å². The van der Waals surface area contributed by atoms with Gasteiger partial charge in [0, 0.05) is 0 Å². The molecule has 2 amide bonds. The van der Waals surface area contributed by atoms with Gasteiger partial charge in [0.25, 0.3) is 0 Å². The van der Waals surface area contributed by atoms with Crippen LogP contribution in [0.1, 0.15) is 41.5 Å². The Morgan fingerprint density at radius 1 is 1.17 bits per heavy atom. The lowest BCUT2D eigenvalue weighted by atomic mass is 10.2. The van der Waals surface area contributed by atoms with E-state index in [4.69, 9.17) is 15.6 Å². The van der Waals surface area contributed by atoms with E-state index in [2.05, 4.69) is 37.3 Å². The lowest BCUT2D eigenvalue weighted by molar-refractivity contribution is -0.123. The van der Waals surface area contributed by atoms with Crippen molar-refractivity contribution in [3.05, 3.63) is 0 Å². The summed E-state index contributed by atoms with van der Waals surface area (Å²) in [6.07, 6.45) is 4.52. The number of ether oxygens (including phenoxy) is 1. The second-order valence-electron chi connectivity index (χ2n) is 6.68. The Kier molecular flexibility index (Phi) is 9.71. The molecule has 0 radical (unpaired) electrons. The molecule has 0 spiro atoms. The number of alkyl carbamates (subject to hydrolysis) is 1. The summed E-state index contributed by atoms with van der Waals surface area (Å²) in [4.78, 5) is 24.2. The van der Waals surface area contributed by atoms with Gasteiger partial charge in [0.2, 0.25) is 5.91 Å². The van der Waals surface area contributed by atoms with Gasteiger partial charge in [-0.2, -0.15) is 0 Å². The second-order valence-corrected chi connectivity index (χ2v) is 11.5. The van der Waals surface area contributed by atoms with Crippen molar-refractivity contribution in [3.8, 4) is 12.3 Å². The van der Waals surface area contributed by atoms with Crippen molar-refractivity contribution in [2.75, 3.05) is 13.2 Å². The van der Waals surface area contributed by atoms with Gasteiger partial charge in [-0.15, -0.1) is 6.42 Å². The Bertz CT molecular complexity index is 442. The van der Waals surface area contributed by atoms with Crippen LogP contribution in [-0.4, -0.2) is 45.1 Å². The highest BCUT2D eigenvalue weighted by atomic mass is 28.4. The minimum Gasteiger partial charge on any atom is -0.444 e. The quantitative estimate of drug-likeness (QED) is 0.492. The van der Waals surface area contributed by atoms with E-state index in [-0.39, 0.29) is 19.1 Å². The minimum atomic E-state index is -1.87. The monoisotopic (exact) mass is 356 g/mol. The lowest BCUT2D eigenvalue weighted by Gasteiger charge is -2.30. The summed E-state index contributed by atoms with van der Waals surface area (Å²) in [5, 5.41) is 5.16. The van der Waals surface area contributed by atoms with Gasteiger partial charge < -0.3 is 19.8 Å². The molecular formula is C17H32N2O4Si. The maximum absolute atomic E-state index is 12.2. The Labute approximate surface area is 147 Å². The van der Waals surface area contributed by atoms with Gasteiger partial charge in [0.05, 0.1) is 13.2 Å². The first-order chi connectivity index (χ1) is 11.1. The van der Waals surface area contributed by atoms with Gasteiger partial charge in [-0.3, -0.25) is 4.79 Å². The topological polar surface area (TPSA) is 76.7 Å². The van der Waals surface area contributed by atoms with E-state index in [1.807, 2.05) is 0 Å². The number of rotatable bonds is 9.